The van der Waals surface area contributed by atoms with Gasteiger partial charge in [0, 0.05) is 32.7 Å². The van der Waals surface area contributed by atoms with E-state index in [0.717, 1.165) is 10.4 Å². The molecule has 1 aromatic heterocycles. The molecule has 34 heavy (non-hydrogen) atoms. The second-order valence-electron chi connectivity index (χ2n) is 7.16. The highest BCUT2D eigenvalue weighted by molar-refractivity contribution is 8.71. The van der Waals surface area contributed by atoms with Gasteiger partial charge in [-0.25, -0.2) is 17.9 Å². The number of carbonyl (C=O) groups excluding carboxylic acids is 1. The van der Waals surface area contributed by atoms with Crippen LogP contribution in [-0.4, -0.2) is 43.5 Å². The number of carboxylic acids is 1. The maximum absolute atomic E-state index is 13.0. The van der Waals surface area contributed by atoms with Crippen molar-refractivity contribution in [2.75, 3.05) is 12.0 Å². The number of benzene rings is 2. The number of hydrogen-bond donors (Lipinski definition) is 3. The first kappa shape index (κ1) is 26.3. The molecule has 0 saturated carbocycles. The van der Waals surface area contributed by atoms with Gasteiger partial charge in [0.05, 0.1) is 0 Å². The maximum Gasteiger partial charge on any atom is 0.326 e. The van der Waals surface area contributed by atoms with Gasteiger partial charge in [0.2, 0.25) is 0 Å². The van der Waals surface area contributed by atoms with Crippen molar-refractivity contribution in [2.24, 2.45) is 0 Å². The van der Waals surface area contributed by atoms with E-state index < -0.39 is 27.0 Å². The van der Waals surface area contributed by atoms with Crippen LogP contribution < -0.4 is 10.0 Å². The van der Waals surface area contributed by atoms with Gasteiger partial charge in [-0.1, -0.05) is 36.4 Å². The van der Waals surface area contributed by atoms with E-state index in [4.69, 9.17) is 0 Å². The van der Waals surface area contributed by atoms with Crippen LogP contribution in [0, 0.1) is 0 Å². The number of aliphatic carboxylic acids is 1. The van der Waals surface area contributed by atoms with Gasteiger partial charge in [0.25, 0.3) is 15.0 Å². The Hall–Kier alpha value is -2.31. The van der Waals surface area contributed by atoms with E-state index >= 15 is 0 Å². The zero-order valence-electron chi connectivity index (χ0n) is 18.3. The van der Waals surface area contributed by atoms with Gasteiger partial charge in [0.1, 0.15) is 6.04 Å². The number of thiophene rings is 1. The Morgan fingerprint density at radius 3 is 2.50 bits per heavy atom. The Kier molecular flexibility index (Phi) is 9.60. The molecule has 0 aliphatic heterocycles. The molecule has 0 spiro atoms. The Morgan fingerprint density at radius 2 is 1.85 bits per heavy atom. The van der Waals surface area contributed by atoms with Crippen LogP contribution in [0.15, 0.2) is 70.9 Å². The Labute approximate surface area is 210 Å². The number of carboxylic acid groups (broad SMARTS) is 1. The predicted octanol–water partition coefficient (Wildman–Crippen LogP) is 4.48. The summed E-state index contributed by atoms with van der Waals surface area (Å²) in [6.07, 6.45) is 2.17. The first-order valence-corrected chi connectivity index (χ1v) is 15.3. The van der Waals surface area contributed by atoms with Gasteiger partial charge >= 0.3 is 5.97 Å². The second kappa shape index (κ2) is 12.4. The number of amides is 1. The van der Waals surface area contributed by atoms with Gasteiger partial charge in [0.15, 0.2) is 0 Å². The summed E-state index contributed by atoms with van der Waals surface area (Å²) >= 11 is 2.96. The number of hydrogen-bond acceptors (Lipinski definition) is 7. The molecule has 11 heteroatoms. The van der Waals surface area contributed by atoms with Crippen molar-refractivity contribution in [3.63, 3.8) is 0 Å². The molecular formula is C23H24N2O5S4. The molecule has 1 atom stereocenters. The van der Waals surface area contributed by atoms with E-state index in [1.54, 1.807) is 12.1 Å². The molecule has 0 unspecified atom stereocenters. The highest BCUT2D eigenvalue weighted by Gasteiger charge is 2.23. The summed E-state index contributed by atoms with van der Waals surface area (Å²) in [7, 11) is -3.03. The smallest absolute Gasteiger partial charge is 0.326 e. The van der Waals surface area contributed by atoms with Crippen molar-refractivity contribution >= 4 is 54.8 Å². The van der Waals surface area contributed by atoms with Crippen molar-refractivity contribution in [3.05, 3.63) is 76.5 Å². The van der Waals surface area contributed by atoms with Crippen molar-refractivity contribution < 1.29 is 23.1 Å². The van der Waals surface area contributed by atoms with Crippen LogP contribution in [0.3, 0.4) is 0 Å². The highest BCUT2D eigenvalue weighted by Crippen LogP contribution is 2.32. The molecule has 3 rings (SSSR count). The molecule has 0 aliphatic carbocycles. The summed E-state index contributed by atoms with van der Waals surface area (Å²) in [4.78, 5) is 25.9. The summed E-state index contributed by atoms with van der Waals surface area (Å²) in [6.45, 7) is 0.200. The van der Waals surface area contributed by atoms with Gasteiger partial charge in [-0.3, -0.25) is 4.79 Å². The molecular weight excluding hydrogens is 513 g/mol. The van der Waals surface area contributed by atoms with Crippen LogP contribution in [0.25, 0.3) is 11.1 Å². The number of nitrogens with one attached hydrogen (secondary N) is 2. The third-order valence-corrected chi connectivity index (χ3v) is 9.02. The van der Waals surface area contributed by atoms with Crippen molar-refractivity contribution in [1.29, 1.82) is 0 Å². The molecule has 3 aromatic rings. The van der Waals surface area contributed by atoms with Gasteiger partial charge in [-0.05, 0) is 59.2 Å². The molecule has 0 radical (unpaired) electrons. The summed E-state index contributed by atoms with van der Waals surface area (Å²) in [6, 6.07) is 16.5. The molecule has 0 fully saturated rings. The SMILES string of the molecule is CSCC[C@H](NC(=O)c1ccc(SS(=O)(=O)NCc2cccs2)cc1-c1ccccc1)C(=O)O. The largest absolute Gasteiger partial charge is 0.480 e. The highest BCUT2D eigenvalue weighted by atomic mass is 33.1. The van der Waals surface area contributed by atoms with E-state index in [1.807, 2.05) is 54.1 Å². The fraction of sp³-hybridized carbons (Fsp3) is 0.217. The number of carbonyl (C=O) groups is 2. The Bertz CT molecular complexity index is 1220. The van der Waals surface area contributed by atoms with Crippen LogP contribution in [0.1, 0.15) is 21.7 Å². The lowest BCUT2D eigenvalue weighted by molar-refractivity contribution is -0.139. The van der Waals surface area contributed by atoms with E-state index in [-0.39, 0.29) is 12.1 Å². The minimum Gasteiger partial charge on any atom is -0.480 e. The second-order valence-corrected chi connectivity index (χ2v) is 12.8. The molecule has 0 saturated heterocycles. The van der Waals surface area contributed by atoms with Crippen LogP contribution >= 0.6 is 33.9 Å². The summed E-state index contributed by atoms with van der Waals surface area (Å²) in [5.74, 6) is -1.03. The zero-order chi connectivity index (χ0) is 24.6. The van der Waals surface area contributed by atoms with Crippen LogP contribution in [-0.2, 0) is 20.4 Å². The van der Waals surface area contributed by atoms with Crippen molar-refractivity contribution in [3.8, 4) is 11.1 Å². The normalized spacial score (nSPS) is 12.3. The molecule has 2 aromatic carbocycles. The lowest BCUT2D eigenvalue weighted by Crippen LogP contribution is -2.41. The number of rotatable bonds is 12. The molecule has 3 N–H and O–H groups in total. The fourth-order valence-corrected chi connectivity index (χ4v) is 6.65. The third kappa shape index (κ3) is 7.60. The van der Waals surface area contributed by atoms with Gasteiger partial charge in [-0.15, -0.1) is 11.3 Å². The average Bonchev–Trinajstić information content (AvgIpc) is 3.34. The standard InChI is InChI=1S/C23H24N2O5S4/c1-31-13-11-21(23(27)28)25-22(26)19-10-9-17(14-20(19)16-6-3-2-4-7-16)33-34(29,30)24-15-18-8-5-12-32-18/h2-10,12,14,21,24H,11,13,15H2,1H3,(H,25,26)(H,27,28)/t21-/m0/s1. The van der Waals surface area contributed by atoms with Crippen molar-refractivity contribution in [1.82, 2.24) is 10.0 Å². The van der Waals surface area contributed by atoms with Gasteiger partial charge in [-0.2, -0.15) is 11.8 Å². The molecule has 1 heterocycles. The molecule has 0 bridgehead atoms. The first-order chi connectivity index (χ1) is 16.3. The Morgan fingerprint density at radius 1 is 1.09 bits per heavy atom. The predicted molar refractivity (Wildman–Crippen MR) is 140 cm³/mol. The van der Waals surface area contributed by atoms with Crippen LogP contribution in [0.4, 0.5) is 0 Å². The molecule has 1 amide bonds. The van der Waals surface area contributed by atoms with Crippen LogP contribution in [0.5, 0.6) is 0 Å². The minimum atomic E-state index is -3.69. The molecule has 0 aliphatic rings. The van der Waals surface area contributed by atoms with E-state index in [1.165, 1.54) is 29.2 Å². The summed E-state index contributed by atoms with van der Waals surface area (Å²) < 4.78 is 27.7. The van der Waals surface area contributed by atoms with E-state index in [9.17, 15) is 23.1 Å². The summed E-state index contributed by atoms with van der Waals surface area (Å²) in [5, 5.41) is 13.9. The lowest BCUT2D eigenvalue weighted by atomic mass is 9.99. The quantitative estimate of drug-likeness (QED) is 0.293. The average molecular weight is 537 g/mol. The first-order valence-electron chi connectivity index (χ1n) is 10.2. The molecule has 7 nitrogen and oxygen atoms in total. The molecule has 180 valence electrons. The van der Waals surface area contributed by atoms with E-state index in [2.05, 4.69) is 10.0 Å². The maximum atomic E-state index is 13.0. The monoisotopic (exact) mass is 536 g/mol. The third-order valence-electron chi connectivity index (χ3n) is 4.74. The zero-order valence-corrected chi connectivity index (χ0v) is 21.5. The lowest BCUT2D eigenvalue weighted by Gasteiger charge is -2.17. The topological polar surface area (TPSA) is 113 Å². The van der Waals surface area contributed by atoms with Crippen molar-refractivity contribution in [2.45, 2.75) is 23.9 Å². The van der Waals surface area contributed by atoms with Gasteiger partial charge < -0.3 is 10.4 Å². The number of thioether (sulfide) groups is 1. The van der Waals surface area contributed by atoms with Crippen LogP contribution in [0.2, 0.25) is 0 Å². The fourth-order valence-electron chi connectivity index (χ4n) is 3.09. The summed E-state index contributed by atoms with van der Waals surface area (Å²) in [5.41, 5.74) is 1.51. The van der Waals surface area contributed by atoms with E-state index in [0.29, 0.717) is 33.4 Å². The minimum absolute atomic E-state index is 0.200. The Balaban J connectivity index is 1.86.